The van der Waals surface area contributed by atoms with Crippen molar-refractivity contribution in [3.63, 3.8) is 0 Å². The minimum absolute atomic E-state index is 0.657. The van der Waals surface area contributed by atoms with Crippen molar-refractivity contribution < 1.29 is 0 Å². The van der Waals surface area contributed by atoms with Gasteiger partial charge in [-0.05, 0) is 23.8 Å². The van der Waals surface area contributed by atoms with Gasteiger partial charge in [-0.3, -0.25) is 4.98 Å². The van der Waals surface area contributed by atoms with Crippen molar-refractivity contribution in [1.82, 2.24) is 9.97 Å². The van der Waals surface area contributed by atoms with Crippen molar-refractivity contribution in [2.45, 2.75) is 6.54 Å². The lowest BCUT2D eigenvalue weighted by Crippen LogP contribution is -2.00. The average Bonchev–Trinajstić information content (AvgIpc) is 2.83. The van der Waals surface area contributed by atoms with E-state index in [0.29, 0.717) is 12.1 Å². The summed E-state index contributed by atoms with van der Waals surface area (Å²) in [7, 11) is 0. The van der Waals surface area contributed by atoms with E-state index in [2.05, 4.69) is 21.4 Å². The number of benzene rings is 1. The van der Waals surface area contributed by atoms with Crippen LogP contribution in [-0.2, 0) is 6.54 Å². The summed E-state index contributed by atoms with van der Waals surface area (Å²) in [6, 6.07) is 13.9. The standard InChI is InChI=1S/C15H12N4/c16-9-13-12-3-1-2-4-14(12)19-15(13)18-10-11-5-7-17-8-6-11/h1-8,18-19H,10H2. The van der Waals surface area contributed by atoms with Crippen molar-refractivity contribution in [2.75, 3.05) is 5.32 Å². The first-order valence-electron chi connectivity index (χ1n) is 6.02. The first-order chi connectivity index (χ1) is 9.38. The van der Waals surface area contributed by atoms with Crippen LogP contribution >= 0.6 is 0 Å². The summed E-state index contributed by atoms with van der Waals surface area (Å²) in [6.07, 6.45) is 3.51. The highest BCUT2D eigenvalue weighted by Crippen LogP contribution is 2.25. The third-order valence-electron chi connectivity index (χ3n) is 3.04. The van der Waals surface area contributed by atoms with Crippen molar-refractivity contribution in [2.24, 2.45) is 0 Å². The number of aromatic nitrogens is 2. The van der Waals surface area contributed by atoms with E-state index in [9.17, 15) is 5.26 Å². The topological polar surface area (TPSA) is 64.5 Å². The maximum atomic E-state index is 9.28. The molecule has 0 aliphatic heterocycles. The Morgan fingerprint density at radius 1 is 1.16 bits per heavy atom. The number of fused-ring (bicyclic) bond motifs is 1. The van der Waals surface area contributed by atoms with Crippen molar-refractivity contribution in [3.8, 4) is 6.07 Å². The molecule has 0 amide bonds. The molecule has 0 bridgehead atoms. The first kappa shape index (κ1) is 11.3. The lowest BCUT2D eigenvalue weighted by Gasteiger charge is -2.04. The fraction of sp³-hybridized carbons (Fsp3) is 0.0667. The quantitative estimate of drug-likeness (QED) is 0.748. The van der Waals surface area contributed by atoms with Crippen LogP contribution in [-0.4, -0.2) is 9.97 Å². The fourth-order valence-electron chi connectivity index (χ4n) is 2.08. The van der Waals surface area contributed by atoms with Crippen molar-refractivity contribution >= 4 is 16.7 Å². The van der Waals surface area contributed by atoms with Crippen LogP contribution in [0.4, 0.5) is 5.82 Å². The highest BCUT2D eigenvalue weighted by molar-refractivity contribution is 5.91. The zero-order chi connectivity index (χ0) is 13.1. The second-order valence-electron chi connectivity index (χ2n) is 4.24. The molecular weight excluding hydrogens is 236 g/mol. The number of nitriles is 1. The molecule has 0 spiro atoms. The van der Waals surface area contributed by atoms with Gasteiger partial charge in [-0.2, -0.15) is 5.26 Å². The Hall–Kier alpha value is -2.80. The van der Waals surface area contributed by atoms with E-state index < -0.39 is 0 Å². The van der Waals surface area contributed by atoms with Gasteiger partial charge in [-0.15, -0.1) is 0 Å². The molecule has 19 heavy (non-hydrogen) atoms. The molecule has 3 aromatic rings. The number of anilines is 1. The molecule has 1 aromatic carbocycles. The van der Waals surface area contributed by atoms with Crippen molar-refractivity contribution in [1.29, 1.82) is 5.26 Å². The number of para-hydroxylation sites is 1. The van der Waals surface area contributed by atoms with Crippen LogP contribution in [0.2, 0.25) is 0 Å². The highest BCUT2D eigenvalue weighted by atomic mass is 15.0. The van der Waals surface area contributed by atoms with Gasteiger partial charge in [0, 0.05) is 29.8 Å². The normalized spacial score (nSPS) is 10.3. The second-order valence-corrected chi connectivity index (χ2v) is 4.24. The van der Waals surface area contributed by atoms with Gasteiger partial charge >= 0.3 is 0 Å². The molecule has 0 aliphatic rings. The molecule has 0 saturated heterocycles. The smallest absolute Gasteiger partial charge is 0.122 e. The Balaban J connectivity index is 1.91. The zero-order valence-electron chi connectivity index (χ0n) is 10.2. The van der Waals surface area contributed by atoms with E-state index in [-0.39, 0.29) is 0 Å². The minimum atomic E-state index is 0.657. The maximum absolute atomic E-state index is 9.28. The summed E-state index contributed by atoms with van der Waals surface area (Å²) in [5.74, 6) is 0.764. The Bertz CT molecular complexity index is 738. The third kappa shape index (κ3) is 2.14. The van der Waals surface area contributed by atoms with Crippen LogP contribution in [0.5, 0.6) is 0 Å². The number of nitrogens with zero attached hydrogens (tertiary/aromatic N) is 2. The maximum Gasteiger partial charge on any atom is 0.122 e. The van der Waals surface area contributed by atoms with Gasteiger partial charge in [0.05, 0.1) is 0 Å². The zero-order valence-corrected chi connectivity index (χ0v) is 10.2. The number of hydrogen-bond acceptors (Lipinski definition) is 3. The number of pyridine rings is 1. The molecule has 2 heterocycles. The molecule has 0 unspecified atom stereocenters. The molecule has 0 radical (unpaired) electrons. The van der Waals surface area contributed by atoms with Crippen LogP contribution in [0.3, 0.4) is 0 Å². The summed E-state index contributed by atoms with van der Waals surface area (Å²) in [6.45, 7) is 0.657. The summed E-state index contributed by atoms with van der Waals surface area (Å²) >= 11 is 0. The van der Waals surface area contributed by atoms with Gasteiger partial charge in [0.2, 0.25) is 0 Å². The second kappa shape index (κ2) is 4.83. The Labute approximate surface area is 110 Å². The van der Waals surface area contributed by atoms with Gasteiger partial charge < -0.3 is 10.3 Å². The molecule has 0 atom stereocenters. The van der Waals surface area contributed by atoms with Gasteiger partial charge in [0.25, 0.3) is 0 Å². The lowest BCUT2D eigenvalue weighted by molar-refractivity contribution is 1.11. The monoisotopic (exact) mass is 248 g/mol. The Morgan fingerprint density at radius 2 is 1.95 bits per heavy atom. The van der Waals surface area contributed by atoms with Gasteiger partial charge in [-0.1, -0.05) is 18.2 Å². The van der Waals surface area contributed by atoms with Gasteiger partial charge in [0.15, 0.2) is 0 Å². The molecule has 92 valence electrons. The number of H-pyrrole nitrogens is 1. The number of hydrogen-bond donors (Lipinski definition) is 2. The molecule has 0 saturated carbocycles. The summed E-state index contributed by atoms with van der Waals surface area (Å²) in [4.78, 5) is 7.22. The highest BCUT2D eigenvalue weighted by Gasteiger charge is 2.09. The Kier molecular flexibility index (Phi) is 2.87. The number of nitrogens with one attached hydrogen (secondary N) is 2. The van der Waals surface area contributed by atoms with Crippen LogP contribution in [0, 0.1) is 11.3 Å². The largest absolute Gasteiger partial charge is 0.366 e. The molecule has 2 aromatic heterocycles. The summed E-state index contributed by atoms with van der Waals surface area (Å²) in [5.41, 5.74) is 2.75. The van der Waals surface area contributed by atoms with E-state index >= 15 is 0 Å². The molecular formula is C15H12N4. The predicted molar refractivity (Wildman–Crippen MR) is 74.6 cm³/mol. The van der Waals surface area contributed by atoms with Crippen LogP contribution < -0.4 is 5.32 Å². The minimum Gasteiger partial charge on any atom is -0.366 e. The summed E-state index contributed by atoms with van der Waals surface area (Å²) < 4.78 is 0. The van der Waals surface area contributed by atoms with E-state index in [4.69, 9.17) is 0 Å². The molecule has 0 aliphatic carbocycles. The Morgan fingerprint density at radius 3 is 2.74 bits per heavy atom. The van der Waals surface area contributed by atoms with Crippen LogP contribution in [0.15, 0.2) is 48.8 Å². The summed E-state index contributed by atoms with van der Waals surface area (Å²) in [5, 5.41) is 13.5. The SMILES string of the molecule is N#Cc1c(NCc2ccncc2)[nH]c2ccccc12. The molecule has 3 rings (SSSR count). The number of aromatic amines is 1. The molecule has 0 fully saturated rings. The van der Waals surface area contributed by atoms with E-state index in [1.54, 1.807) is 12.4 Å². The molecule has 4 heteroatoms. The molecule has 2 N–H and O–H groups in total. The van der Waals surface area contributed by atoms with Crippen LogP contribution in [0.25, 0.3) is 10.9 Å². The van der Waals surface area contributed by atoms with Gasteiger partial charge in [-0.25, -0.2) is 0 Å². The van der Waals surface area contributed by atoms with E-state index in [1.807, 2.05) is 36.4 Å². The number of rotatable bonds is 3. The fourth-order valence-corrected chi connectivity index (χ4v) is 2.08. The van der Waals surface area contributed by atoms with Crippen LogP contribution in [0.1, 0.15) is 11.1 Å². The average molecular weight is 248 g/mol. The van der Waals surface area contributed by atoms with E-state index in [0.717, 1.165) is 22.3 Å². The third-order valence-corrected chi connectivity index (χ3v) is 3.04. The first-order valence-corrected chi connectivity index (χ1v) is 6.02. The predicted octanol–water partition coefficient (Wildman–Crippen LogP) is 3.05. The van der Waals surface area contributed by atoms with Gasteiger partial charge in [0.1, 0.15) is 17.5 Å². The lowest BCUT2D eigenvalue weighted by atomic mass is 10.2. The molecule has 4 nitrogen and oxygen atoms in total. The van der Waals surface area contributed by atoms with E-state index in [1.165, 1.54) is 0 Å². The van der Waals surface area contributed by atoms with Crippen molar-refractivity contribution in [3.05, 3.63) is 59.9 Å².